The van der Waals surface area contributed by atoms with Gasteiger partial charge in [0, 0.05) is 23.9 Å². The Hall–Kier alpha value is -0.780. The molecule has 1 saturated heterocycles. The van der Waals surface area contributed by atoms with E-state index < -0.39 is 4.92 Å². The fourth-order valence-corrected chi connectivity index (χ4v) is 4.07. The van der Waals surface area contributed by atoms with Gasteiger partial charge >= 0.3 is 0 Å². The molecule has 104 valence electrons. The van der Waals surface area contributed by atoms with Gasteiger partial charge in [-0.3, -0.25) is 10.1 Å². The highest BCUT2D eigenvalue weighted by Gasteiger charge is 2.27. The summed E-state index contributed by atoms with van der Waals surface area (Å²) in [6, 6.07) is 5.28. The first-order valence-electron chi connectivity index (χ1n) is 6.35. The molecule has 0 aromatic heterocycles. The number of nitrogens with zero attached hydrogens (tertiary/aromatic N) is 1. The monoisotopic (exact) mass is 300 g/mol. The molecule has 2 unspecified atom stereocenters. The fraction of sp³-hybridized carbons (Fsp3) is 0.538. The number of nitro groups is 1. The van der Waals surface area contributed by atoms with Crippen LogP contribution in [0.4, 0.5) is 5.69 Å². The summed E-state index contributed by atoms with van der Waals surface area (Å²) in [5.74, 6) is 2.79. The number of nitro benzene ring substituents is 1. The lowest BCUT2D eigenvalue weighted by Crippen LogP contribution is -2.36. The molecule has 1 aliphatic heterocycles. The molecule has 0 amide bonds. The maximum absolute atomic E-state index is 10.7. The van der Waals surface area contributed by atoms with Gasteiger partial charge in [-0.1, -0.05) is 24.6 Å². The van der Waals surface area contributed by atoms with E-state index in [0.29, 0.717) is 17.0 Å². The smallest absolute Gasteiger partial charge is 0.270 e. The molecule has 0 aliphatic carbocycles. The molecule has 4 nitrogen and oxygen atoms in total. The summed E-state index contributed by atoms with van der Waals surface area (Å²) in [7, 11) is 0. The summed E-state index contributed by atoms with van der Waals surface area (Å²) in [5.41, 5.74) is 1.06. The average molecular weight is 301 g/mol. The first-order valence-corrected chi connectivity index (χ1v) is 7.89. The number of nitrogens with one attached hydrogen (secondary N) is 1. The minimum atomic E-state index is -0.414. The summed E-state index contributed by atoms with van der Waals surface area (Å²) in [4.78, 5) is 10.3. The van der Waals surface area contributed by atoms with Gasteiger partial charge in [0.1, 0.15) is 0 Å². The van der Waals surface area contributed by atoms with Crippen molar-refractivity contribution in [3.63, 3.8) is 0 Å². The van der Waals surface area contributed by atoms with E-state index in [1.807, 2.05) is 11.8 Å². The van der Waals surface area contributed by atoms with E-state index in [2.05, 4.69) is 12.2 Å². The topological polar surface area (TPSA) is 55.2 Å². The number of halogens is 1. The Balaban J connectivity index is 2.08. The quantitative estimate of drug-likeness (QED) is 0.670. The van der Waals surface area contributed by atoms with Crippen molar-refractivity contribution in [1.29, 1.82) is 0 Å². The van der Waals surface area contributed by atoms with Crippen LogP contribution in [0.1, 0.15) is 12.5 Å². The van der Waals surface area contributed by atoms with Crippen LogP contribution < -0.4 is 5.32 Å². The number of non-ortho nitro benzene ring substituents is 1. The Morgan fingerprint density at radius 1 is 1.53 bits per heavy atom. The van der Waals surface area contributed by atoms with Crippen LogP contribution in [-0.4, -0.2) is 29.0 Å². The van der Waals surface area contributed by atoms with E-state index in [1.54, 1.807) is 6.07 Å². The van der Waals surface area contributed by atoms with Crippen molar-refractivity contribution < 1.29 is 4.92 Å². The first-order chi connectivity index (χ1) is 9.11. The molecule has 1 aromatic carbocycles. The maximum Gasteiger partial charge on any atom is 0.270 e. The maximum atomic E-state index is 10.7. The standard InChI is InChI=1S/C13H17ClN2O2S/c1-2-15-13-8-19-7-10(13)5-9-3-4-11(16(17)18)6-12(9)14/h3-4,6,10,13,15H,2,5,7-8H2,1H3. The SMILES string of the molecule is CCNC1CSCC1Cc1ccc([N+](=O)[O-])cc1Cl. The van der Waals surface area contributed by atoms with Crippen LogP contribution in [0.3, 0.4) is 0 Å². The molecule has 0 radical (unpaired) electrons. The lowest BCUT2D eigenvalue weighted by Gasteiger charge is -2.19. The van der Waals surface area contributed by atoms with Gasteiger partial charge in [0.05, 0.1) is 9.95 Å². The van der Waals surface area contributed by atoms with Crippen LogP contribution >= 0.6 is 23.4 Å². The summed E-state index contributed by atoms with van der Waals surface area (Å²) in [5, 5.41) is 14.7. The van der Waals surface area contributed by atoms with E-state index in [1.165, 1.54) is 12.1 Å². The van der Waals surface area contributed by atoms with E-state index in [-0.39, 0.29) is 5.69 Å². The number of benzene rings is 1. The molecule has 19 heavy (non-hydrogen) atoms. The number of hydrogen-bond acceptors (Lipinski definition) is 4. The third-order valence-corrected chi connectivity index (χ3v) is 5.00. The third kappa shape index (κ3) is 3.61. The molecule has 1 N–H and O–H groups in total. The molecule has 2 rings (SSSR count). The molecule has 0 saturated carbocycles. The Bertz CT molecular complexity index is 470. The molecule has 0 bridgehead atoms. The number of hydrogen-bond donors (Lipinski definition) is 1. The van der Waals surface area contributed by atoms with Crippen LogP contribution in [0.5, 0.6) is 0 Å². The molecule has 0 spiro atoms. The third-order valence-electron chi connectivity index (χ3n) is 3.39. The molecule has 1 aliphatic rings. The highest BCUT2D eigenvalue weighted by atomic mass is 35.5. The zero-order valence-electron chi connectivity index (χ0n) is 10.8. The molecule has 6 heteroatoms. The fourth-order valence-electron chi connectivity index (χ4n) is 2.39. The predicted molar refractivity (Wildman–Crippen MR) is 80.1 cm³/mol. The summed E-state index contributed by atoms with van der Waals surface area (Å²) < 4.78 is 0. The Morgan fingerprint density at radius 3 is 2.95 bits per heavy atom. The second-order valence-electron chi connectivity index (χ2n) is 4.70. The van der Waals surface area contributed by atoms with Crippen molar-refractivity contribution in [1.82, 2.24) is 5.32 Å². The van der Waals surface area contributed by atoms with Crippen molar-refractivity contribution in [2.45, 2.75) is 19.4 Å². The summed E-state index contributed by atoms with van der Waals surface area (Å²) in [6.07, 6.45) is 0.876. The number of thioether (sulfide) groups is 1. The molecular formula is C13H17ClN2O2S. The van der Waals surface area contributed by atoms with E-state index >= 15 is 0 Å². The lowest BCUT2D eigenvalue weighted by molar-refractivity contribution is -0.384. The highest BCUT2D eigenvalue weighted by molar-refractivity contribution is 7.99. The zero-order valence-corrected chi connectivity index (χ0v) is 12.3. The largest absolute Gasteiger partial charge is 0.313 e. The van der Waals surface area contributed by atoms with Gasteiger partial charge in [0.15, 0.2) is 0 Å². The Morgan fingerprint density at radius 2 is 2.32 bits per heavy atom. The number of rotatable bonds is 5. The van der Waals surface area contributed by atoms with Crippen LogP contribution in [0.15, 0.2) is 18.2 Å². The first kappa shape index (κ1) is 14.6. The van der Waals surface area contributed by atoms with Crippen molar-refractivity contribution in [2.24, 2.45) is 5.92 Å². The normalized spacial score (nSPS) is 22.6. The van der Waals surface area contributed by atoms with Gasteiger partial charge in [-0.05, 0) is 30.2 Å². The minimum Gasteiger partial charge on any atom is -0.313 e. The lowest BCUT2D eigenvalue weighted by atomic mass is 9.95. The van der Waals surface area contributed by atoms with Crippen LogP contribution in [0, 0.1) is 16.0 Å². The van der Waals surface area contributed by atoms with Crippen LogP contribution in [0.2, 0.25) is 5.02 Å². The van der Waals surface area contributed by atoms with Gasteiger partial charge < -0.3 is 5.32 Å². The molecule has 2 atom stereocenters. The van der Waals surface area contributed by atoms with E-state index in [0.717, 1.165) is 30.0 Å². The minimum absolute atomic E-state index is 0.0535. The molecule has 1 fully saturated rings. The van der Waals surface area contributed by atoms with E-state index in [9.17, 15) is 10.1 Å². The van der Waals surface area contributed by atoms with Gasteiger partial charge in [0.25, 0.3) is 5.69 Å². The predicted octanol–water partition coefficient (Wildman–Crippen LogP) is 3.13. The molecule has 1 aromatic rings. The highest BCUT2D eigenvalue weighted by Crippen LogP contribution is 2.31. The van der Waals surface area contributed by atoms with Crippen LogP contribution in [0.25, 0.3) is 0 Å². The average Bonchev–Trinajstić information content (AvgIpc) is 2.79. The Labute approximate surface area is 122 Å². The summed E-state index contributed by atoms with van der Waals surface area (Å²) in [6.45, 7) is 3.08. The summed E-state index contributed by atoms with van der Waals surface area (Å²) >= 11 is 8.09. The van der Waals surface area contributed by atoms with Gasteiger partial charge in [0.2, 0.25) is 0 Å². The van der Waals surface area contributed by atoms with Crippen molar-refractivity contribution in [3.05, 3.63) is 38.9 Å². The second kappa shape index (κ2) is 6.59. The van der Waals surface area contributed by atoms with Crippen molar-refractivity contribution >= 4 is 29.1 Å². The van der Waals surface area contributed by atoms with Gasteiger partial charge in [-0.2, -0.15) is 11.8 Å². The molecular weight excluding hydrogens is 284 g/mol. The van der Waals surface area contributed by atoms with Crippen LogP contribution in [-0.2, 0) is 6.42 Å². The zero-order chi connectivity index (χ0) is 13.8. The molecule has 1 heterocycles. The Kier molecular flexibility index (Phi) is 5.07. The second-order valence-corrected chi connectivity index (χ2v) is 6.18. The van der Waals surface area contributed by atoms with Gasteiger partial charge in [-0.25, -0.2) is 0 Å². The van der Waals surface area contributed by atoms with Gasteiger partial charge in [-0.15, -0.1) is 0 Å². The van der Waals surface area contributed by atoms with Crippen molar-refractivity contribution in [3.8, 4) is 0 Å². The van der Waals surface area contributed by atoms with E-state index in [4.69, 9.17) is 11.6 Å². The van der Waals surface area contributed by atoms with Crippen molar-refractivity contribution in [2.75, 3.05) is 18.1 Å².